The largest absolute Gasteiger partial charge is 0.457 e. The molecule has 2 aromatic carbocycles. The molecular formula is C19H20O2. The Morgan fingerprint density at radius 2 is 1.86 bits per heavy atom. The number of ether oxygens (including phenoxy) is 1. The van der Waals surface area contributed by atoms with Gasteiger partial charge in [0.05, 0.1) is 0 Å². The molecule has 0 radical (unpaired) electrons. The third-order valence-corrected chi connectivity index (χ3v) is 4.25. The average molecular weight is 280 g/mol. The summed E-state index contributed by atoms with van der Waals surface area (Å²) < 4.78 is 6.03. The summed E-state index contributed by atoms with van der Waals surface area (Å²) in [6.07, 6.45) is 2.49. The minimum Gasteiger partial charge on any atom is -0.457 e. The van der Waals surface area contributed by atoms with Gasteiger partial charge in [-0.1, -0.05) is 31.5 Å². The third-order valence-electron chi connectivity index (χ3n) is 4.25. The lowest BCUT2D eigenvalue weighted by Crippen LogP contribution is -1.93. The zero-order chi connectivity index (χ0) is 14.8. The van der Waals surface area contributed by atoms with Gasteiger partial charge >= 0.3 is 0 Å². The number of hydrogen-bond donors (Lipinski definition) is 0. The van der Waals surface area contributed by atoms with Gasteiger partial charge in [0, 0.05) is 5.56 Å². The van der Waals surface area contributed by atoms with Gasteiger partial charge in [0.15, 0.2) is 5.78 Å². The van der Waals surface area contributed by atoms with E-state index in [1.165, 1.54) is 18.4 Å². The van der Waals surface area contributed by atoms with Crippen LogP contribution in [0.1, 0.15) is 48.5 Å². The number of para-hydroxylation sites is 1. The van der Waals surface area contributed by atoms with Gasteiger partial charge in [0.1, 0.15) is 11.5 Å². The first-order chi connectivity index (χ1) is 10.2. The van der Waals surface area contributed by atoms with Crippen molar-refractivity contribution in [3.63, 3.8) is 0 Å². The normalized spacial score (nSPS) is 20.1. The minimum atomic E-state index is 0.0747. The molecule has 0 aliphatic heterocycles. The van der Waals surface area contributed by atoms with Crippen molar-refractivity contribution in [2.24, 2.45) is 5.92 Å². The van der Waals surface area contributed by atoms with Crippen LogP contribution in [0.25, 0.3) is 0 Å². The molecule has 108 valence electrons. The van der Waals surface area contributed by atoms with Crippen LogP contribution in [0, 0.1) is 5.92 Å². The highest BCUT2D eigenvalue weighted by Crippen LogP contribution is 2.52. The topological polar surface area (TPSA) is 26.3 Å². The van der Waals surface area contributed by atoms with E-state index in [2.05, 4.69) is 19.1 Å². The number of rotatable bonds is 5. The lowest BCUT2D eigenvalue weighted by atomic mass is 10.1. The number of hydrogen-bond acceptors (Lipinski definition) is 2. The van der Waals surface area contributed by atoms with Gasteiger partial charge in [-0.2, -0.15) is 0 Å². The summed E-state index contributed by atoms with van der Waals surface area (Å²) >= 11 is 0. The van der Waals surface area contributed by atoms with Crippen LogP contribution < -0.4 is 4.74 Å². The highest BCUT2D eigenvalue weighted by molar-refractivity contribution is 5.94. The molecule has 0 amide bonds. The summed E-state index contributed by atoms with van der Waals surface area (Å²) in [4.78, 5) is 11.3. The SMILES string of the molecule is CCC1CC1c1ccccc1Oc1ccc(C(C)=O)cc1. The second kappa shape index (κ2) is 5.72. The van der Waals surface area contributed by atoms with Crippen molar-refractivity contribution in [1.82, 2.24) is 0 Å². The van der Waals surface area contributed by atoms with Gasteiger partial charge in [-0.05, 0) is 61.1 Å². The maximum atomic E-state index is 11.3. The maximum Gasteiger partial charge on any atom is 0.159 e. The average Bonchev–Trinajstić information content (AvgIpc) is 3.28. The summed E-state index contributed by atoms with van der Waals surface area (Å²) in [6.45, 7) is 3.82. The molecule has 0 N–H and O–H groups in total. The molecule has 2 heteroatoms. The summed E-state index contributed by atoms with van der Waals surface area (Å²) in [6, 6.07) is 15.6. The van der Waals surface area contributed by atoms with Gasteiger partial charge in [-0.15, -0.1) is 0 Å². The first kappa shape index (κ1) is 13.9. The van der Waals surface area contributed by atoms with Gasteiger partial charge < -0.3 is 4.74 Å². The fourth-order valence-electron chi connectivity index (χ4n) is 2.84. The van der Waals surface area contributed by atoms with Crippen LogP contribution in [0.3, 0.4) is 0 Å². The fourth-order valence-corrected chi connectivity index (χ4v) is 2.84. The quantitative estimate of drug-likeness (QED) is 0.704. The molecule has 2 unspecified atom stereocenters. The van der Waals surface area contributed by atoms with Crippen molar-refractivity contribution < 1.29 is 9.53 Å². The Morgan fingerprint density at radius 1 is 1.14 bits per heavy atom. The standard InChI is InChI=1S/C19H20O2/c1-3-14-12-18(14)17-6-4-5-7-19(17)21-16-10-8-15(9-11-16)13(2)20/h4-11,14,18H,3,12H2,1-2H3. The predicted molar refractivity (Wildman–Crippen MR) is 84.1 cm³/mol. The summed E-state index contributed by atoms with van der Waals surface area (Å²) in [5.41, 5.74) is 2.02. The Balaban J connectivity index is 1.80. The van der Waals surface area contributed by atoms with Crippen molar-refractivity contribution >= 4 is 5.78 Å². The van der Waals surface area contributed by atoms with Gasteiger partial charge in [0.25, 0.3) is 0 Å². The highest BCUT2D eigenvalue weighted by Gasteiger charge is 2.38. The number of carbonyl (C=O) groups excluding carboxylic acids is 1. The van der Waals surface area contributed by atoms with E-state index in [-0.39, 0.29) is 5.78 Å². The number of ketones is 1. The lowest BCUT2D eigenvalue weighted by molar-refractivity contribution is 0.101. The molecule has 1 saturated carbocycles. The summed E-state index contributed by atoms with van der Waals surface area (Å²) in [5.74, 6) is 3.23. The van der Waals surface area contributed by atoms with Crippen molar-refractivity contribution in [3.8, 4) is 11.5 Å². The van der Waals surface area contributed by atoms with Crippen LogP contribution in [0.2, 0.25) is 0 Å². The molecule has 21 heavy (non-hydrogen) atoms. The Labute approximate surface area is 125 Å². The predicted octanol–water partition coefficient (Wildman–Crippen LogP) is 5.20. The van der Waals surface area contributed by atoms with Gasteiger partial charge in [0.2, 0.25) is 0 Å². The fraction of sp³-hybridized carbons (Fsp3) is 0.316. The molecule has 0 saturated heterocycles. The third kappa shape index (κ3) is 2.99. The molecule has 0 aromatic heterocycles. The van der Waals surface area contributed by atoms with E-state index < -0.39 is 0 Å². The summed E-state index contributed by atoms with van der Waals surface area (Å²) in [5, 5.41) is 0. The highest BCUT2D eigenvalue weighted by atomic mass is 16.5. The minimum absolute atomic E-state index is 0.0747. The van der Waals surface area contributed by atoms with Gasteiger partial charge in [-0.3, -0.25) is 4.79 Å². The maximum absolute atomic E-state index is 11.3. The molecule has 1 aliphatic rings. The van der Waals surface area contributed by atoms with Gasteiger partial charge in [-0.25, -0.2) is 0 Å². The van der Waals surface area contributed by atoms with E-state index in [0.717, 1.165) is 17.4 Å². The molecule has 2 atom stereocenters. The van der Waals surface area contributed by atoms with E-state index in [9.17, 15) is 4.79 Å². The van der Waals surface area contributed by atoms with Crippen molar-refractivity contribution in [3.05, 3.63) is 59.7 Å². The zero-order valence-electron chi connectivity index (χ0n) is 12.5. The van der Waals surface area contributed by atoms with Crippen LogP contribution in [0.5, 0.6) is 11.5 Å². The molecule has 0 spiro atoms. The Hall–Kier alpha value is -2.09. The molecule has 2 aromatic rings. The van der Waals surface area contributed by atoms with Crippen LogP contribution >= 0.6 is 0 Å². The second-order valence-electron chi connectivity index (χ2n) is 5.73. The van der Waals surface area contributed by atoms with Crippen LogP contribution in [0.4, 0.5) is 0 Å². The number of Topliss-reactive ketones (excluding diaryl/α,β-unsaturated/α-hetero) is 1. The Kier molecular flexibility index (Phi) is 3.78. The Morgan fingerprint density at radius 3 is 2.48 bits per heavy atom. The lowest BCUT2D eigenvalue weighted by Gasteiger charge is -2.11. The molecule has 1 aliphatic carbocycles. The first-order valence-corrected chi connectivity index (χ1v) is 7.56. The first-order valence-electron chi connectivity index (χ1n) is 7.56. The zero-order valence-corrected chi connectivity index (χ0v) is 12.5. The van der Waals surface area contributed by atoms with E-state index in [1.54, 1.807) is 6.92 Å². The smallest absolute Gasteiger partial charge is 0.159 e. The summed E-state index contributed by atoms with van der Waals surface area (Å²) in [7, 11) is 0. The van der Waals surface area contributed by atoms with Crippen LogP contribution in [-0.4, -0.2) is 5.78 Å². The monoisotopic (exact) mass is 280 g/mol. The van der Waals surface area contributed by atoms with Crippen molar-refractivity contribution in [2.45, 2.75) is 32.6 Å². The number of carbonyl (C=O) groups is 1. The number of benzene rings is 2. The van der Waals surface area contributed by atoms with Crippen LogP contribution in [0.15, 0.2) is 48.5 Å². The molecule has 2 nitrogen and oxygen atoms in total. The van der Waals surface area contributed by atoms with E-state index >= 15 is 0 Å². The molecule has 3 rings (SSSR count). The molecule has 0 heterocycles. The molecule has 1 fully saturated rings. The van der Waals surface area contributed by atoms with E-state index in [1.807, 2.05) is 36.4 Å². The van der Waals surface area contributed by atoms with E-state index in [0.29, 0.717) is 11.5 Å². The molecule has 0 bridgehead atoms. The second-order valence-corrected chi connectivity index (χ2v) is 5.73. The van der Waals surface area contributed by atoms with E-state index in [4.69, 9.17) is 4.74 Å². The van der Waals surface area contributed by atoms with Crippen molar-refractivity contribution in [1.29, 1.82) is 0 Å². The van der Waals surface area contributed by atoms with Crippen molar-refractivity contribution in [2.75, 3.05) is 0 Å². The molecular weight excluding hydrogens is 260 g/mol. The Bertz CT molecular complexity index is 643. The van der Waals surface area contributed by atoms with Crippen LogP contribution in [-0.2, 0) is 0 Å².